The van der Waals surface area contributed by atoms with E-state index < -0.39 is 0 Å². The van der Waals surface area contributed by atoms with Crippen molar-refractivity contribution in [2.45, 2.75) is 92.5 Å². The van der Waals surface area contributed by atoms with Gasteiger partial charge in [0.25, 0.3) is 0 Å². The summed E-state index contributed by atoms with van der Waals surface area (Å²) >= 11 is 5.43. The SMILES string of the molecule is CC.CCNC(=S)N[C@@H]1CC[C@@]2(C)C(=CC[C@@H]3[C@@H]2CC[C@]2(C)C(C)=CC[C@@H]32)C1.[HH].[HH]. The number of hydrogen-bond acceptors (Lipinski definition) is 1. The van der Waals surface area contributed by atoms with Crippen LogP contribution in [0.1, 0.15) is 89.3 Å². The van der Waals surface area contributed by atoms with E-state index in [-0.39, 0.29) is 2.85 Å². The minimum atomic E-state index is 0. The van der Waals surface area contributed by atoms with E-state index in [0.717, 1.165) is 29.4 Å². The molecule has 0 amide bonds. The molecule has 4 aliphatic rings. The molecule has 2 saturated carbocycles. The van der Waals surface area contributed by atoms with Crippen molar-refractivity contribution in [3.63, 3.8) is 0 Å². The molecule has 6 atom stereocenters. The first-order valence-electron chi connectivity index (χ1n) is 11.8. The summed E-state index contributed by atoms with van der Waals surface area (Å²) in [6.45, 7) is 14.5. The third-order valence-corrected chi connectivity index (χ3v) is 9.01. The second-order valence-electron chi connectivity index (χ2n) is 9.78. The minimum absolute atomic E-state index is 0. The van der Waals surface area contributed by atoms with Gasteiger partial charge in [0.2, 0.25) is 0 Å². The third kappa shape index (κ3) is 3.57. The van der Waals surface area contributed by atoms with Crippen molar-refractivity contribution in [3.8, 4) is 0 Å². The maximum absolute atomic E-state index is 5.43. The van der Waals surface area contributed by atoms with Crippen LogP contribution in [0.3, 0.4) is 0 Å². The fraction of sp³-hybridized carbons (Fsp3) is 0.800. The highest BCUT2D eigenvalue weighted by molar-refractivity contribution is 7.80. The molecule has 4 rings (SSSR count). The van der Waals surface area contributed by atoms with Gasteiger partial charge in [-0.15, -0.1) is 0 Å². The van der Waals surface area contributed by atoms with Crippen molar-refractivity contribution < 1.29 is 2.85 Å². The molecule has 28 heavy (non-hydrogen) atoms. The molecule has 0 aromatic rings. The monoisotopic (exact) mass is 406 g/mol. The van der Waals surface area contributed by atoms with E-state index in [1.807, 2.05) is 13.8 Å². The molecule has 0 aromatic heterocycles. The predicted molar refractivity (Wildman–Crippen MR) is 130 cm³/mol. The molecule has 0 bridgehead atoms. The number of thiocarbonyl (C=S) groups is 1. The van der Waals surface area contributed by atoms with Gasteiger partial charge in [0.05, 0.1) is 0 Å². The van der Waals surface area contributed by atoms with Crippen molar-refractivity contribution in [1.82, 2.24) is 10.6 Å². The summed E-state index contributed by atoms with van der Waals surface area (Å²) in [5.41, 5.74) is 4.32. The van der Waals surface area contributed by atoms with Crippen molar-refractivity contribution in [2.75, 3.05) is 6.54 Å². The predicted octanol–water partition coefficient (Wildman–Crippen LogP) is 6.88. The summed E-state index contributed by atoms with van der Waals surface area (Å²) in [4.78, 5) is 0. The van der Waals surface area contributed by atoms with E-state index in [9.17, 15) is 0 Å². The van der Waals surface area contributed by atoms with E-state index in [4.69, 9.17) is 12.2 Å². The molecule has 0 aliphatic heterocycles. The Balaban J connectivity index is 0.00000109. The van der Waals surface area contributed by atoms with Crippen LogP contribution >= 0.6 is 12.2 Å². The molecule has 0 spiro atoms. The van der Waals surface area contributed by atoms with Gasteiger partial charge in [-0.1, -0.05) is 51.0 Å². The van der Waals surface area contributed by atoms with Gasteiger partial charge in [0.1, 0.15) is 0 Å². The molecular formula is C25H46N2S. The Hall–Kier alpha value is -0.830. The lowest BCUT2D eigenvalue weighted by Gasteiger charge is -2.58. The fourth-order valence-electron chi connectivity index (χ4n) is 6.96. The zero-order valence-electron chi connectivity index (χ0n) is 19.0. The summed E-state index contributed by atoms with van der Waals surface area (Å²) in [5.74, 6) is 2.66. The van der Waals surface area contributed by atoms with E-state index in [1.165, 1.54) is 44.9 Å². The first kappa shape index (κ1) is 21.9. The number of nitrogens with one attached hydrogen (secondary N) is 2. The molecular weight excluding hydrogens is 360 g/mol. The van der Waals surface area contributed by atoms with Crippen molar-refractivity contribution in [1.29, 1.82) is 0 Å². The van der Waals surface area contributed by atoms with Crippen LogP contribution in [0.5, 0.6) is 0 Å². The number of hydrogen-bond donors (Lipinski definition) is 2. The van der Waals surface area contributed by atoms with Crippen molar-refractivity contribution in [3.05, 3.63) is 23.3 Å². The average molecular weight is 407 g/mol. The molecule has 0 aromatic carbocycles. The lowest BCUT2D eigenvalue weighted by molar-refractivity contribution is -0.0185. The normalized spacial score (nSPS) is 41.2. The lowest BCUT2D eigenvalue weighted by atomic mass is 9.47. The van der Waals surface area contributed by atoms with E-state index in [2.05, 4.69) is 50.5 Å². The Morgan fingerprint density at radius 1 is 1.11 bits per heavy atom. The van der Waals surface area contributed by atoms with Gasteiger partial charge in [-0.3, -0.25) is 0 Å². The van der Waals surface area contributed by atoms with Gasteiger partial charge in [-0.2, -0.15) is 0 Å². The van der Waals surface area contributed by atoms with Crippen LogP contribution in [-0.2, 0) is 0 Å². The summed E-state index contributed by atoms with van der Waals surface area (Å²) in [5, 5.41) is 7.64. The highest BCUT2D eigenvalue weighted by Gasteiger charge is 2.55. The van der Waals surface area contributed by atoms with Crippen molar-refractivity contribution >= 4 is 17.3 Å². The quantitative estimate of drug-likeness (QED) is 0.386. The molecule has 4 aliphatic carbocycles. The van der Waals surface area contributed by atoms with Crippen LogP contribution in [0.15, 0.2) is 23.3 Å². The highest BCUT2D eigenvalue weighted by atomic mass is 32.1. The standard InChI is InChI=1S/C23H36N2S.C2H6.2H2/c1-5-24-21(26)25-17-10-12-23(4)16(14-17)7-8-18-19-9-6-15(2)22(19,3)13-11-20(18)23;1-2;;/h6-7,17-20H,5,8-14H2,1-4H3,(H2,24,25,26);1-2H3;2*1H/t17-,18+,19+,20+,22-,23+;;;/m1.../s1. The molecule has 2 N–H and O–H groups in total. The van der Waals surface area contributed by atoms with Gasteiger partial charge in [0.15, 0.2) is 5.11 Å². The Labute approximate surface area is 182 Å². The Kier molecular flexibility index (Phi) is 6.64. The number of rotatable bonds is 2. The van der Waals surface area contributed by atoms with Gasteiger partial charge in [0, 0.05) is 15.4 Å². The summed E-state index contributed by atoms with van der Waals surface area (Å²) in [6.07, 6.45) is 14.4. The summed E-state index contributed by atoms with van der Waals surface area (Å²) in [7, 11) is 0. The second-order valence-corrected chi connectivity index (χ2v) is 10.2. The fourth-order valence-corrected chi connectivity index (χ4v) is 7.27. The minimum Gasteiger partial charge on any atom is -0.363 e. The largest absolute Gasteiger partial charge is 0.363 e. The van der Waals surface area contributed by atoms with E-state index in [0.29, 0.717) is 16.9 Å². The zero-order valence-corrected chi connectivity index (χ0v) is 19.8. The zero-order chi connectivity index (χ0) is 20.5. The van der Waals surface area contributed by atoms with Gasteiger partial charge in [-0.05, 0) is 99.6 Å². The molecule has 0 heterocycles. The number of fused-ring (bicyclic) bond motifs is 5. The van der Waals surface area contributed by atoms with Crippen LogP contribution in [0.2, 0.25) is 0 Å². The summed E-state index contributed by atoms with van der Waals surface area (Å²) < 4.78 is 0. The Morgan fingerprint density at radius 3 is 2.54 bits per heavy atom. The third-order valence-electron chi connectivity index (χ3n) is 8.74. The van der Waals surface area contributed by atoms with E-state index in [1.54, 1.807) is 11.1 Å². The van der Waals surface area contributed by atoms with Crippen molar-refractivity contribution in [2.24, 2.45) is 28.6 Å². The first-order valence-corrected chi connectivity index (χ1v) is 12.2. The van der Waals surface area contributed by atoms with Gasteiger partial charge >= 0.3 is 0 Å². The van der Waals surface area contributed by atoms with Crippen LogP contribution in [0, 0.1) is 28.6 Å². The molecule has 2 fully saturated rings. The Bertz CT molecular complexity index is 662. The maximum Gasteiger partial charge on any atom is 0.166 e. The highest BCUT2D eigenvalue weighted by Crippen LogP contribution is 2.64. The summed E-state index contributed by atoms with van der Waals surface area (Å²) in [6, 6.07) is 0.515. The Morgan fingerprint density at radius 2 is 1.82 bits per heavy atom. The average Bonchev–Trinajstić information content (AvgIpc) is 2.99. The van der Waals surface area contributed by atoms with Crippen LogP contribution < -0.4 is 10.6 Å². The van der Waals surface area contributed by atoms with Crippen LogP contribution in [0.4, 0.5) is 0 Å². The molecule has 2 nitrogen and oxygen atoms in total. The second kappa shape index (κ2) is 8.50. The molecule has 0 unspecified atom stereocenters. The topological polar surface area (TPSA) is 24.1 Å². The van der Waals surface area contributed by atoms with Gasteiger partial charge in [-0.25, -0.2) is 0 Å². The maximum atomic E-state index is 5.43. The van der Waals surface area contributed by atoms with Crippen LogP contribution in [0.25, 0.3) is 0 Å². The smallest absolute Gasteiger partial charge is 0.166 e. The number of allylic oxidation sites excluding steroid dienone is 3. The first-order chi connectivity index (χ1) is 13.4. The van der Waals surface area contributed by atoms with E-state index >= 15 is 0 Å². The molecule has 3 heteroatoms. The molecule has 0 radical (unpaired) electrons. The molecule has 162 valence electrons. The lowest BCUT2D eigenvalue weighted by Crippen LogP contribution is -2.52. The molecule has 0 saturated heterocycles. The van der Waals surface area contributed by atoms with Gasteiger partial charge < -0.3 is 10.6 Å². The van der Waals surface area contributed by atoms with Crippen LogP contribution in [-0.4, -0.2) is 17.7 Å².